The highest BCUT2D eigenvalue weighted by Crippen LogP contribution is 2.27. The molecule has 0 unspecified atom stereocenters. The number of methoxy groups -OCH3 is 1. The smallest absolute Gasteiger partial charge is 0.270 e. The zero-order chi connectivity index (χ0) is 16.3. The second kappa shape index (κ2) is 6.29. The number of nitrogens with zero attached hydrogens (tertiary/aromatic N) is 2. The van der Waals surface area contributed by atoms with Gasteiger partial charge in [0.05, 0.1) is 19.2 Å². The Bertz CT molecular complexity index is 568. The van der Waals surface area contributed by atoms with Gasteiger partial charge in [0.1, 0.15) is 12.0 Å². The Labute approximate surface area is 129 Å². The van der Waals surface area contributed by atoms with Crippen molar-refractivity contribution in [2.75, 3.05) is 7.11 Å². The lowest BCUT2D eigenvalue weighted by Gasteiger charge is -2.40. The predicted molar refractivity (Wildman–Crippen MR) is 80.5 cm³/mol. The first-order valence-electron chi connectivity index (χ1n) is 7.27. The third-order valence-electron chi connectivity index (χ3n) is 3.73. The minimum absolute atomic E-state index is 0.0223. The molecular formula is C15H22N4O3. The second-order valence-electron chi connectivity index (χ2n) is 6.48. The molecule has 0 aromatic carbocycles. The molecule has 0 saturated carbocycles. The van der Waals surface area contributed by atoms with Crippen LogP contribution >= 0.6 is 0 Å². The molecule has 1 aromatic rings. The van der Waals surface area contributed by atoms with Crippen molar-refractivity contribution in [3.63, 3.8) is 0 Å². The summed E-state index contributed by atoms with van der Waals surface area (Å²) in [6, 6.07) is 1.23. The van der Waals surface area contributed by atoms with Gasteiger partial charge < -0.3 is 15.4 Å². The van der Waals surface area contributed by atoms with E-state index in [-0.39, 0.29) is 35.0 Å². The van der Waals surface area contributed by atoms with E-state index in [9.17, 15) is 9.59 Å². The molecule has 0 spiro atoms. The number of rotatable bonds is 3. The highest BCUT2D eigenvalue weighted by atomic mass is 16.5. The van der Waals surface area contributed by atoms with Crippen LogP contribution in [-0.4, -0.2) is 41.0 Å². The lowest BCUT2D eigenvalue weighted by atomic mass is 9.78. The van der Waals surface area contributed by atoms with Crippen molar-refractivity contribution < 1.29 is 14.3 Å². The number of hydrogen-bond acceptors (Lipinski definition) is 5. The molecule has 2 rings (SSSR count). The van der Waals surface area contributed by atoms with Gasteiger partial charge in [0, 0.05) is 12.5 Å². The Morgan fingerprint density at radius 1 is 1.41 bits per heavy atom. The fraction of sp³-hybridized carbons (Fsp3) is 0.600. The monoisotopic (exact) mass is 306 g/mol. The Morgan fingerprint density at radius 2 is 2.14 bits per heavy atom. The van der Waals surface area contributed by atoms with E-state index in [2.05, 4.69) is 20.6 Å². The van der Waals surface area contributed by atoms with Crippen molar-refractivity contribution in [3.8, 4) is 5.88 Å². The van der Waals surface area contributed by atoms with Gasteiger partial charge in [-0.3, -0.25) is 9.59 Å². The SMILES string of the molecule is COc1cc(C(=O)N[C@@H]2CCC(=O)N[C@H]2C(C)(C)C)ncn1. The number of piperidine rings is 1. The zero-order valence-corrected chi connectivity index (χ0v) is 13.3. The van der Waals surface area contributed by atoms with E-state index in [1.54, 1.807) is 0 Å². The molecule has 22 heavy (non-hydrogen) atoms. The van der Waals surface area contributed by atoms with E-state index in [1.807, 2.05) is 20.8 Å². The van der Waals surface area contributed by atoms with Gasteiger partial charge in [-0.1, -0.05) is 20.8 Å². The van der Waals surface area contributed by atoms with E-state index in [4.69, 9.17) is 4.74 Å². The first-order chi connectivity index (χ1) is 10.3. The van der Waals surface area contributed by atoms with E-state index < -0.39 is 0 Å². The van der Waals surface area contributed by atoms with Crippen molar-refractivity contribution in [2.45, 2.75) is 45.7 Å². The Kier molecular flexibility index (Phi) is 4.63. The van der Waals surface area contributed by atoms with Crippen molar-refractivity contribution >= 4 is 11.8 Å². The molecule has 0 radical (unpaired) electrons. The Balaban J connectivity index is 2.13. The molecular weight excluding hydrogens is 284 g/mol. The number of carbonyl (C=O) groups is 2. The van der Waals surface area contributed by atoms with Crippen molar-refractivity contribution in [2.24, 2.45) is 5.41 Å². The average molecular weight is 306 g/mol. The van der Waals surface area contributed by atoms with Gasteiger partial charge in [0.2, 0.25) is 11.8 Å². The van der Waals surface area contributed by atoms with Crippen LogP contribution < -0.4 is 15.4 Å². The van der Waals surface area contributed by atoms with Gasteiger partial charge >= 0.3 is 0 Å². The number of nitrogens with one attached hydrogen (secondary N) is 2. The molecule has 1 aromatic heterocycles. The number of hydrogen-bond donors (Lipinski definition) is 2. The van der Waals surface area contributed by atoms with Crippen LogP contribution in [0.1, 0.15) is 44.1 Å². The highest BCUT2D eigenvalue weighted by molar-refractivity contribution is 5.93. The summed E-state index contributed by atoms with van der Waals surface area (Å²) >= 11 is 0. The topological polar surface area (TPSA) is 93.2 Å². The van der Waals surface area contributed by atoms with Crippen LogP contribution in [0.2, 0.25) is 0 Å². The summed E-state index contributed by atoms with van der Waals surface area (Å²) in [5.41, 5.74) is 0.0913. The molecule has 2 heterocycles. The Hall–Kier alpha value is -2.18. The van der Waals surface area contributed by atoms with Crippen molar-refractivity contribution in [1.29, 1.82) is 0 Å². The summed E-state index contributed by atoms with van der Waals surface area (Å²) in [5.74, 6) is 0.0645. The predicted octanol–water partition coefficient (Wildman–Crippen LogP) is 0.908. The normalized spacial score (nSPS) is 21.9. The summed E-state index contributed by atoms with van der Waals surface area (Å²) in [7, 11) is 1.48. The van der Waals surface area contributed by atoms with E-state index >= 15 is 0 Å². The van der Waals surface area contributed by atoms with Gasteiger partial charge in [0.25, 0.3) is 5.91 Å². The lowest BCUT2D eigenvalue weighted by molar-refractivity contribution is -0.125. The first-order valence-corrected chi connectivity index (χ1v) is 7.27. The van der Waals surface area contributed by atoms with Crippen LogP contribution in [0.5, 0.6) is 5.88 Å². The number of amides is 2. The first kappa shape index (κ1) is 16.2. The van der Waals surface area contributed by atoms with E-state index in [0.717, 1.165) is 0 Å². The highest BCUT2D eigenvalue weighted by Gasteiger charge is 2.37. The molecule has 0 bridgehead atoms. The maximum Gasteiger partial charge on any atom is 0.270 e. The molecule has 0 aliphatic carbocycles. The van der Waals surface area contributed by atoms with Gasteiger partial charge in [0.15, 0.2) is 0 Å². The second-order valence-corrected chi connectivity index (χ2v) is 6.48. The summed E-state index contributed by atoms with van der Waals surface area (Å²) in [6.45, 7) is 6.11. The lowest BCUT2D eigenvalue weighted by Crippen LogP contribution is -2.60. The molecule has 120 valence electrons. The molecule has 7 heteroatoms. The van der Waals surface area contributed by atoms with Crippen LogP contribution in [0.3, 0.4) is 0 Å². The van der Waals surface area contributed by atoms with Gasteiger partial charge in [-0.2, -0.15) is 0 Å². The quantitative estimate of drug-likeness (QED) is 0.865. The molecule has 2 atom stereocenters. The number of aromatic nitrogens is 2. The molecule has 1 aliphatic rings. The van der Waals surface area contributed by atoms with Crippen LogP contribution in [-0.2, 0) is 4.79 Å². The van der Waals surface area contributed by atoms with Crippen LogP contribution in [0.15, 0.2) is 12.4 Å². The van der Waals surface area contributed by atoms with Crippen molar-refractivity contribution in [3.05, 3.63) is 18.1 Å². The third kappa shape index (κ3) is 3.72. The Morgan fingerprint density at radius 3 is 2.77 bits per heavy atom. The maximum atomic E-state index is 12.4. The molecule has 1 aliphatic heterocycles. The standard InChI is InChI=1S/C15H22N4O3/c1-15(2,3)13-9(5-6-11(20)19-13)18-14(21)10-7-12(22-4)17-8-16-10/h7-9,13H,5-6H2,1-4H3,(H,18,21)(H,19,20)/t9-,13-/m1/s1. The summed E-state index contributed by atoms with van der Waals surface area (Å²) in [4.78, 5) is 31.9. The van der Waals surface area contributed by atoms with Crippen LogP contribution in [0, 0.1) is 5.41 Å². The summed E-state index contributed by atoms with van der Waals surface area (Å²) in [6.07, 6.45) is 2.31. The number of ether oxygens (including phenoxy) is 1. The average Bonchev–Trinajstić information content (AvgIpc) is 2.48. The fourth-order valence-electron chi connectivity index (χ4n) is 2.59. The van der Waals surface area contributed by atoms with Gasteiger partial charge in [-0.05, 0) is 11.8 Å². The molecule has 1 fully saturated rings. The molecule has 7 nitrogen and oxygen atoms in total. The minimum atomic E-state index is -0.295. The van der Waals surface area contributed by atoms with E-state index in [0.29, 0.717) is 18.7 Å². The zero-order valence-electron chi connectivity index (χ0n) is 13.3. The van der Waals surface area contributed by atoms with E-state index in [1.165, 1.54) is 19.5 Å². The van der Waals surface area contributed by atoms with Crippen LogP contribution in [0.25, 0.3) is 0 Å². The summed E-state index contributed by atoms with van der Waals surface area (Å²) in [5, 5.41) is 5.94. The maximum absolute atomic E-state index is 12.4. The fourth-order valence-corrected chi connectivity index (χ4v) is 2.59. The molecule has 2 N–H and O–H groups in total. The van der Waals surface area contributed by atoms with Crippen LogP contribution in [0.4, 0.5) is 0 Å². The number of carbonyl (C=O) groups excluding carboxylic acids is 2. The van der Waals surface area contributed by atoms with Gasteiger partial charge in [-0.25, -0.2) is 9.97 Å². The largest absolute Gasteiger partial charge is 0.481 e. The third-order valence-corrected chi connectivity index (χ3v) is 3.73. The van der Waals surface area contributed by atoms with Gasteiger partial charge in [-0.15, -0.1) is 0 Å². The minimum Gasteiger partial charge on any atom is -0.481 e. The molecule has 2 amide bonds. The van der Waals surface area contributed by atoms with Crippen molar-refractivity contribution in [1.82, 2.24) is 20.6 Å². The summed E-state index contributed by atoms with van der Waals surface area (Å²) < 4.78 is 5.00. The molecule has 1 saturated heterocycles.